The van der Waals surface area contributed by atoms with Crippen LogP contribution in [0.1, 0.15) is 12.8 Å². The Hall–Kier alpha value is -0.790. The Labute approximate surface area is 48.8 Å². The minimum Gasteiger partial charge on any atom is -0.478 e. The van der Waals surface area contributed by atoms with E-state index in [1.54, 1.807) is 0 Å². The van der Waals surface area contributed by atoms with Crippen LogP contribution in [0.5, 0.6) is 0 Å². The van der Waals surface area contributed by atoms with Crippen molar-refractivity contribution < 1.29 is 9.90 Å². The third-order valence-corrected chi connectivity index (χ3v) is 0.781. The van der Waals surface area contributed by atoms with Crippen molar-refractivity contribution in [2.75, 3.05) is 0 Å². The lowest BCUT2D eigenvalue weighted by atomic mass is 10.2. The first-order valence-electron chi connectivity index (χ1n) is 2.38. The highest BCUT2D eigenvalue weighted by atomic mass is 16.4. The van der Waals surface area contributed by atoms with E-state index in [2.05, 4.69) is 13.5 Å². The minimum absolute atomic E-state index is 0.236. The average Bonchev–Trinajstić information content (AvgIpc) is 1.67. The number of carboxylic acids is 1. The zero-order valence-corrected chi connectivity index (χ0v) is 4.68. The fourth-order valence-corrected chi connectivity index (χ4v) is 0.320. The van der Waals surface area contributed by atoms with Gasteiger partial charge in [-0.15, -0.1) is 0 Å². The van der Waals surface area contributed by atoms with Gasteiger partial charge in [0.05, 0.1) is 0 Å². The molecule has 0 aliphatic rings. The van der Waals surface area contributed by atoms with E-state index in [-0.39, 0.29) is 5.57 Å². The highest BCUT2D eigenvalue weighted by Crippen LogP contribution is 1.99. The van der Waals surface area contributed by atoms with Gasteiger partial charge in [-0.05, 0) is 12.8 Å². The molecule has 8 heavy (non-hydrogen) atoms. The van der Waals surface area contributed by atoms with Gasteiger partial charge in [-0.25, -0.2) is 4.79 Å². The van der Waals surface area contributed by atoms with Crippen molar-refractivity contribution in [1.29, 1.82) is 0 Å². The molecule has 0 spiro atoms. The topological polar surface area (TPSA) is 37.3 Å². The average molecular weight is 113 g/mol. The Morgan fingerprint density at radius 3 is 2.25 bits per heavy atom. The summed E-state index contributed by atoms with van der Waals surface area (Å²) in [5.74, 6) is -0.923. The standard InChI is InChI=1S/C6H9O2/c1-3-4-5(2)6(7)8/h1-4H2,(H,7,8). The molecule has 1 radical (unpaired) electrons. The lowest BCUT2D eigenvalue weighted by Gasteiger charge is -1.92. The van der Waals surface area contributed by atoms with Crippen LogP contribution in [-0.4, -0.2) is 11.1 Å². The van der Waals surface area contributed by atoms with Crippen molar-refractivity contribution in [2.45, 2.75) is 12.8 Å². The highest BCUT2D eigenvalue weighted by Gasteiger charge is 1.99. The maximum Gasteiger partial charge on any atom is 0.330 e. The summed E-state index contributed by atoms with van der Waals surface area (Å²) >= 11 is 0. The van der Waals surface area contributed by atoms with E-state index in [9.17, 15) is 4.79 Å². The van der Waals surface area contributed by atoms with Gasteiger partial charge in [0.15, 0.2) is 0 Å². The van der Waals surface area contributed by atoms with Crippen molar-refractivity contribution in [3.05, 3.63) is 19.1 Å². The first-order chi connectivity index (χ1) is 3.68. The first kappa shape index (κ1) is 7.21. The van der Waals surface area contributed by atoms with Crippen LogP contribution in [0.3, 0.4) is 0 Å². The van der Waals surface area contributed by atoms with E-state index in [0.717, 1.165) is 0 Å². The molecule has 0 heterocycles. The molecule has 2 nitrogen and oxygen atoms in total. The molecule has 0 saturated carbocycles. The summed E-state index contributed by atoms with van der Waals surface area (Å²) in [4.78, 5) is 9.96. The van der Waals surface area contributed by atoms with Crippen LogP contribution >= 0.6 is 0 Å². The predicted octanol–water partition coefficient (Wildman–Crippen LogP) is 1.24. The molecule has 2 heteroatoms. The van der Waals surface area contributed by atoms with Crippen LogP contribution in [0.4, 0.5) is 0 Å². The lowest BCUT2D eigenvalue weighted by molar-refractivity contribution is -0.132. The van der Waals surface area contributed by atoms with Crippen LogP contribution in [-0.2, 0) is 4.79 Å². The number of rotatable bonds is 3. The van der Waals surface area contributed by atoms with Gasteiger partial charge in [0.2, 0.25) is 0 Å². The third kappa shape index (κ3) is 2.39. The smallest absolute Gasteiger partial charge is 0.330 e. The summed E-state index contributed by atoms with van der Waals surface area (Å²) in [5.41, 5.74) is 0.236. The molecule has 45 valence electrons. The van der Waals surface area contributed by atoms with E-state index >= 15 is 0 Å². The minimum atomic E-state index is -0.923. The maximum atomic E-state index is 9.96. The second-order valence-electron chi connectivity index (χ2n) is 1.51. The van der Waals surface area contributed by atoms with Crippen molar-refractivity contribution in [3.63, 3.8) is 0 Å². The largest absolute Gasteiger partial charge is 0.478 e. The maximum absolute atomic E-state index is 9.96. The summed E-state index contributed by atoms with van der Waals surface area (Å²) < 4.78 is 0. The van der Waals surface area contributed by atoms with Crippen molar-refractivity contribution in [1.82, 2.24) is 0 Å². The van der Waals surface area contributed by atoms with E-state index in [4.69, 9.17) is 5.11 Å². The van der Waals surface area contributed by atoms with E-state index in [1.165, 1.54) is 0 Å². The van der Waals surface area contributed by atoms with Gasteiger partial charge in [-0.2, -0.15) is 0 Å². The number of carbonyl (C=O) groups is 1. The molecule has 0 aliphatic heterocycles. The number of carboxylic acid groups (broad SMARTS) is 1. The second-order valence-corrected chi connectivity index (χ2v) is 1.51. The number of hydrogen-bond acceptors (Lipinski definition) is 1. The Kier molecular flexibility index (Phi) is 2.92. The van der Waals surface area contributed by atoms with Gasteiger partial charge < -0.3 is 5.11 Å². The van der Waals surface area contributed by atoms with Gasteiger partial charge >= 0.3 is 5.97 Å². The summed E-state index contributed by atoms with van der Waals surface area (Å²) in [6.07, 6.45) is 1.08. The number of aliphatic carboxylic acids is 1. The molecule has 0 aliphatic carbocycles. The molecule has 0 unspecified atom stereocenters. The van der Waals surface area contributed by atoms with Gasteiger partial charge in [-0.1, -0.05) is 13.5 Å². The molecule has 1 N–H and O–H groups in total. The summed E-state index contributed by atoms with van der Waals surface area (Å²) in [7, 11) is 0. The molecular weight excluding hydrogens is 104 g/mol. The monoisotopic (exact) mass is 113 g/mol. The molecule has 0 atom stereocenters. The quantitative estimate of drug-likeness (QED) is 0.559. The Balaban J connectivity index is 3.49. The molecule has 0 aromatic rings. The molecule has 0 amide bonds. The fourth-order valence-electron chi connectivity index (χ4n) is 0.320. The summed E-state index contributed by atoms with van der Waals surface area (Å²) in [6.45, 7) is 6.79. The molecule has 0 aromatic heterocycles. The van der Waals surface area contributed by atoms with Gasteiger partial charge in [0, 0.05) is 5.57 Å². The molecule has 0 fully saturated rings. The van der Waals surface area contributed by atoms with E-state index in [0.29, 0.717) is 12.8 Å². The molecule has 0 rings (SSSR count). The third-order valence-electron chi connectivity index (χ3n) is 0.781. The van der Waals surface area contributed by atoms with E-state index in [1.807, 2.05) is 0 Å². The van der Waals surface area contributed by atoms with Crippen LogP contribution in [0.25, 0.3) is 0 Å². The zero-order valence-electron chi connectivity index (χ0n) is 4.68. The summed E-state index contributed by atoms with van der Waals surface area (Å²) in [6, 6.07) is 0. The normalized spacial score (nSPS) is 8.62. The molecule has 0 aromatic carbocycles. The molecular formula is C6H9O2. The van der Waals surface area contributed by atoms with Crippen LogP contribution in [0.15, 0.2) is 12.2 Å². The Bertz CT molecular complexity index is 105. The van der Waals surface area contributed by atoms with Crippen LogP contribution < -0.4 is 0 Å². The number of hydrogen-bond donors (Lipinski definition) is 1. The Morgan fingerprint density at radius 1 is 1.62 bits per heavy atom. The molecule has 0 bridgehead atoms. The van der Waals surface area contributed by atoms with Crippen molar-refractivity contribution in [3.8, 4) is 0 Å². The fraction of sp³-hybridized carbons (Fsp3) is 0.333. The van der Waals surface area contributed by atoms with Crippen LogP contribution in [0, 0.1) is 6.92 Å². The van der Waals surface area contributed by atoms with Gasteiger partial charge in [0.25, 0.3) is 0 Å². The Morgan fingerprint density at radius 2 is 2.12 bits per heavy atom. The van der Waals surface area contributed by atoms with Crippen molar-refractivity contribution in [2.24, 2.45) is 0 Å². The second kappa shape index (κ2) is 3.24. The van der Waals surface area contributed by atoms with Crippen LogP contribution in [0.2, 0.25) is 0 Å². The lowest BCUT2D eigenvalue weighted by Crippen LogP contribution is -1.97. The van der Waals surface area contributed by atoms with Crippen molar-refractivity contribution >= 4 is 5.97 Å². The van der Waals surface area contributed by atoms with Gasteiger partial charge in [-0.3, -0.25) is 0 Å². The zero-order chi connectivity index (χ0) is 6.57. The SMILES string of the molecule is [CH2]CCC(=C)C(=O)O. The predicted molar refractivity (Wildman–Crippen MR) is 31.4 cm³/mol. The van der Waals surface area contributed by atoms with Gasteiger partial charge in [0.1, 0.15) is 0 Å². The first-order valence-corrected chi connectivity index (χ1v) is 2.38. The highest BCUT2D eigenvalue weighted by molar-refractivity contribution is 5.85. The van der Waals surface area contributed by atoms with E-state index < -0.39 is 5.97 Å². The molecule has 0 saturated heterocycles. The summed E-state index contributed by atoms with van der Waals surface area (Å²) in [5, 5.41) is 8.19.